The summed E-state index contributed by atoms with van der Waals surface area (Å²) in [7, 11) is -2.99. The lowest BCUT2D eigenvalue weighted by atomic mass is 10.7. The third kappa shape index (κ3) is 2.04. The summed E-state index contributed by atoms with van der Waals surface area (Å²) in [6, 6.07) is 1.63. The second kappa shape index (κ2) is 3.25. The minimum absolute atomic E-state index is 0.167. The molecule has 0 spiro atoms. The predicted octanol–water partition coefficient (Wildman–Crippen LogP) is 2.30. The fourth-order valence-electron chi connectivity index (χ4n) is 0.600. The molecular weight excluding hydrogens is 248 g/mol. The van der Waals surface area contributed by atoms with Crippen LogP contribution in [0.1, 0.15) is 6.92 Å². The molecule has 0 aromatic carbocycles. The monoisotopic (exact) mass is 254 g/mol. The maximum atomic E-state index is 11.2. The molecular formula is C6H7BrO2S2. The van der Waals surface area contributed by atoms with Gasteiger partial charge in [-0.3, -0.25) is 0 Å². The summed E-state index contributed by atoms with van der Waals surface area (Å²) < 4.78 is 23.7. The van der Waals surface area contributed by atoms with Gasteiger partial charge in [-0.15, -0.1) is 11.3 Å². The van der Waals surface area contributed by atoms with Crippen LogP contribution in [0.15, 0.2) is 20.1 Å². The highest BCUT2D eigenvalue weighted by molar-refractivity contribution is 9.10. The lowest BCUT2D eigenvalue weighted by Crippen LogP contribution is -2.00. The largest absolute Gasteiger partial charge is 0.223 e. The van der Waals surface area contributed by atoms with E-state index in [2.05, 4.69) is 15.9 Å². The van der Waals surface area contributed by atoms with Gasteiger partial charge in [0, 0.05) is 9.85 Å². The van der Waals surface area contributed by atoms with Crippen molar-refractivity contribution in [3.8, 4) is 0 Å². The second-order valence-corrected chi connectivity index (χ2v) is 6.32. The number of thiophene rings is 1. The van der Waals surface area contributed by atoms with E-state index < -0.39 is 9.84 Å². The van der Waals surface area contributed by atoms with Crippen molar-refractivity contribution in [2.24, 2.45) is 0 Å². The minimum Gasteiger partial charge on any atom is -0.223 e. The Morgan fingerprint density at radius 3 is 2.64 bits per heavy atom. The first kappa shape index (κ1) is 9.22. The van der Waals surface area contributed by atoms with Crippen molar-refractivity contribution in [1.29, 1.82) is 0 Å². The summed E-state index contributed by atoms with van der Waals surface area (Å²) in [6.45, 7) is 1.64. The Kier molecular flexibility index (Phi) is 2.72. The standard InChI is InChI=1S/C6H7BrO2S2/c1-2-11(8,9)6-3-5(7)4-10-6/h3-4H,2H2,1H3. The fraction of sp³-hybridized carbons (Fsp3) is 0.333. The normalized spacial score (nSPS) is 11.8. The Morgan fingerprint density at radius 1 is 1.64 bits per heavy atom. The highest BCUT2D eigenvalue weighted by atomic mass is 79.9. The van der Waals surface area contributed by atoms with Crippen molar-refractivity contribution in [2.75, 3.05) is 5.75 Å². The molecule has 0 radical (unpaired) electrons. The Labute approximate surface area is 78.3 Å². The smallest absolute Gasteiger partial charge is 0.187 e. The molecule has 0 aliphatic carbocycles. The molecule has 2 nitrogen and oxygen atoms in total. The van der Waals surface area contributed by atoms with Gasteiger partial charge in [-0.1, -0.05) is 6.92 Å². The van der Waals surface area contributed by atoms with Crippen LogP contribution in [0.5, 0.6) is 0 Å². The maximum absolute atomic E-state index is 11.2. The van der Waals surface area contributed by atoms with E-state index >= 15 is 0 Å². The van der Waals surface area contributed by atoms with E-state index in [4.69, 9.17) is 0 Å². The summed E-state index contributed by atoms with van der Waals surface area (Å²) in [6.07, 6.45) is 0. The molecule has 0 N–H and O–H groups in total. The van der Waals surface area contributed by atoms with Gasteiger partial charge in [0.15, 0.2) is 9.84 Å². The number of halogens is 1. The molecule has 0 saturated heterocycles. The molecule has 1 aromatic rings. The van der Waals surface area contributed by atoms with E-state index in [0.717, 1.165) is 4.47 Å². The predicted molar refractivity (Wildman–Crippen MR) is 49.7 cm³/mol. The van der Waals surface area contributed by atoms with Gasteiger partial charge < -0.3 is 0 Å². The molecule has 0 fully saturated rings. The Hall–Kier alpha value is 0.130. The van der Waals surface area contributed by atoms with E-state index in [1.807, 2.05) is 0 Å². The molecule has 0 saturated carbocycles. The summed E-state index contributed by atoms with van der Waals surface area (Å²) in [5.41, 5.74) is 0. The average Bonchev–Trinajstić information content (AvgIpc) is 2.36. The lowest BCUT2D eigenvalue weighted by Gasteiger charge is -1.92. The van der Waals surface area contributed by atoms with E-state index in [1.165, 1.54) is 11.3 Å². The molecule has 5 heteroatoms. The topological polar surface area (TPSA) is 34.1 Å². The summed E-state index contributed by atoms with van der Waals surface area (Å²) >= 11 is 4.45. The van der Waals surface area contributed by atoms with Crippen LogP contribution in [0.2, 0.25) is 0 Å². The molecule has 0 unspecified atom stereocenters. The van der Waals surface area contributed by atoms with Gasteiger partial charge in [0.2, 0.25) is 0 Å². The highest BCUT2D eigenvalue weighted by Crippen LogP contribution is 2.24. The van der Waals surface area contributed by atoms with E-state index in [-0.39, 0.29) is 5.75 Å². The van der Waals surface area contributed by atoms with Gasteiger partial charge in [0.25, 0.3) is 0 Å². The van der Waals surface area contributed by atoms with Crippen LogP contribution >= 0.6 is 27.3 Å². The van der Waals surface area contributed by atoms with E-state index in [1.54, 1.807) is 18.4 Å². The highest BCUT2D eigenvalue weighted by Gasteiger charge is 2.12. The Bertz CT molecular complexity index is 339. The van der Waals surface area contributed by atoms with Crippen LogP contribution in [-0.4, -0.2) is 14.2 Å². The fourth-order valence-corrected chi connectivity index (χ4v) is 3.58. The zero-order chi connectivity index (χ0) is 8.48. The van der Waals surface area contributed by atoms with Crippen molar-refractivity contribution in [2.45, 2.75) is 11.1 Å². The number of hydrogen-bond acceptors (Lipinski definition) is 3. The molecule has 0 aliphatic heterocycles. The van der Waals surface area contributed by atoms with Crippen LogP contribution < -0.4 is 0 Å². The van der Waals surface area contributed by atoms with Crippen molar-refractivity contribution in [3.05, 3.63) is 15.9 Å². The van der Waals surface area contributed by atoms with Gasteiger partial charge in [0.05, 0.1) is 5.75 Å². The quantitative estimate of drug-likeness (QED) is 0.812. The SMILES string of the molecule is CCS(=O)(=O)c1cc(Br)cs1. The van der Waals surface area contributed by atoms with Gasteiger partial charge in [-0.05, 0) is 22.0 Å². The number of hydrogen-bond donors (Lipinski definition) is 0. The van der Waals surface area contributed by atoms with Crippen LogP contribution in [0, 0.1) is 0 Å². The molecule has 1 rings (SSSR count). The summed E-state index contributed by atoms with van der Waals surface area (Å²) in [4.78, 5) is 0. The van der Waals surface area contributed by atoms with Crippen LogP contribution in [0.25, 0.3) is 0 Å². The van der Waals surface area contributed by atoms with E-state index in [9.17, 15) is 8.42 Å². The van der Waals surface area contributed by atoms with Gasteiger partial charge in [-0.2, -0.15) is 0 Å². The third-order valence-corrected chi connectivity index (χ3v) is 5.25. The maximum Gasteiger partial charge on any atom is 0.187 e. The summed E-state index contributed by atoms with van der Waals surface area (Å²) in [5, 5.41) is 1.77. The van der Waals surface area contributed by atoms with Crippen molar-refractivity contribution in [3.63, 3.8) is 0 Å². The van der Waals surface area contributed by atoms with Gasteiger partial charge in [-0.25, -0.2) is 8.42 Å². The first-order chi connectivity index (χ1) is 5.06. The average molecular weight is 255 g/mol. The van der Waals surface area contributed by atoms with Crippen LogP contribution in [0.4, 0.5) is 0 Å². The number of rotatable bonds is 2. The van der Waals surface area contributed by atoms with Crippen molar-refractivity contribution >= 4 is 37.1 Å². The zero-order valence-electron chi connectivity index (χ0n) is 5.87. The molecule has 0 atom stereocenters. The van der Waals surface area contributed by atoms with Gasteiger partial charge in [0.1, 0.15) is 4.21 Å². The number of sulfone groups is 1. The summed E-state index contributed by atoms with van der Waals surface area (Å²) in [5.74, 6) is 0.167. The molecule has 1 aromatic heterocycles. The Morgan fingerprint density at radius 2 is 2.27 bits per heavy atom. The minimum atomic E-state index is -2.99. The zero-order valence-corrected chi connectivity index (χ0v) is 9.09. The van der Waals surface area contributed by atoms with Gasteiger partial charge >= 0.3 is 0 Å². The first-order valence-electron chi connectivity index (χ1n) is 3.03. The lowest BCUT2D eigenvalue weighted by molar-refractivity contribution is 0.599. The van der Waals surface area contributed by atoms with Crippen LogP contribution in [-0.2, 0) is 9.84 Å². The van der Waals surface area contributed by atoms with E-state index in [0.29, 0.717) is 4.21 Å². The van der Waals surface area contributed by atoms with Crippen molar-refractivity contribution < 1.29 is 8.42 Å². The molecule has 0 amide bonds. The third-order valence-electron chi connectivity index (χ3n) is 1.23. The van der Waals surface area contributed by atoms with Crippen LogP contribution in [0.3, 0.4) is 0 Å². The Balaban J connectivity index is 3.13. The molecule has 11 heavy (non-hydrogen) atoms. The molecule has 0 bridgehead atoms. The molecule has 0 aliphatic rings. The van der Waals surface area contributed by atoms with Crippen molar-refractivity contribution in [1.82, 2.24) is 0 Å². The molecule has 1 heterocycles. The second-order valence-electron chi connectivity index (χ2n) is 1.99. The molecule has 62 valence electrons. The first-order valence-corrected chi connectivity index (χ1v) is 6.35.